The molecule has 2 aromatic carbocycles. The van der Waals surface area contributed by atoms with Gasteiger partial charge in [-0.1, -0.05) is 36.4 Å². The number of allylic oxidation sites excluding steroid dienone is 2. The Balaban J connectivity index is 2.32. The molecule has 2 rings (SSSR count). The first-order valence-electron chi connectivity index (χ1n) is 5.92. The van der Waals surface area contributed by atoms with Gasteiger partial charge in [-0.2, -0.15) is 0 Å². The van der Waals surface area contributed by atoms with Gasteiger partial charge in [-0.25, -0.2) is 8.42 Å². The Morgan fingerprint density at radius 1 is 1.11 bits per heavy atom. The highest BCUT2D eigenvalue weighted by Gasteiger charge is 2.13. The van der Waals surface area contributed by atoms with E-state index in [-0.39, 0.29) is 4.90 Å². The van der Waals surface area contributed by atoms with Crippen molar-refractivity contribution < 1.29 is 8.42 Å². The Morgan fingerprint density at radius 3 is 2.47 bits per heavy atom. The van der Waals surface area contributed by atoms with E-state index >= 15 is 0 Å². The van der Waals surface area contributed by atoms with E-state index in [2.05, 4.69) is 10.3 Å². The topological polar surface area (TPSA) is 58.2 Å². The van der Waals surface area contributed by atoms with Crippen LogP contribution in [0.3, 0.4) is 0 Å². The summed E-state index contributed by atoms with van der Waals surface area (Å²) in [6, 6.07) is 12.7. The molecule has 19 heavy (non-hydrogen) atoms. The molecule has 0 saturated heterocycles. The molecule has 4 nitrogen and oxygen atoms in total. The van der Waals surface area contributed by atoms with Crippen LogP contribution in [0.25, 0.3) is 10.8 Å². The molecule has 0 atom stereocenters. The maximum absolute atomic E-state index is 12.1. The van der Waals surface area contributed by atoms with Crippen LogP contribution in [0, 0.1) is 0 Å². The molecule has 0 saturated carbocycles. The van der Waals surface area contributed by atoms with E-state index < -0.39 is 10.0 Å². The first-order valence-corrected chi connectivity index (χ1v) is 7.41. The summed E-state index contributed by atoms with van der Waals surface area (Å²) in [6.45, 7) is 3.61. The fraction of sp³-hybridized carbons (Fsp3) is 0.143. The molecule has 0 aliphatic carbocycles. The first-order chi connectivity index (χ1) is 9.03. The molecule has 0 aliphatic rings. The van der Waals surface area contributed by atoms with Gasteiger partial charge in [0.1, 0.15) is 0 Å². The molecule has 0 radical (unpaired) electrons. The van der Waals surface area contributed by atoms with E-state index in [0.717, 1.165) is 16.5 Å². The average Bonchev–Trinajstić information content (AvgIpc) is 2.44. The van der Waals surface area contributed by atoms with Crippen LogP contribution < -0.4 is 10.3 Å². The number of hydrogen-bond acceptors (Lipinski definition) is 3. The van der Waals surface area contributed by atoms with Crippen LogP contribution >= 0.6 is 0 Å². The third-order valence-electron chi connectivity index (χ3n) is 2.85. The zero-order valence-electron chi connectivity index (χ0n) is 10.8. The Labute approximate surface area is 113 Å². The number of rotatable bonds is 4. The molecule has 0 unspecified atom stereocenters. The lowest BCUT2D eigenvalue weighted by atomic mass is 10.1. The van der Waals surface area contributed by atoms with Crippen molar-refractivity contribution >= 4 is 20.8 Å². The fourth-order valence-electron chi connectivity index (χ4n) is 1.61. The Kier molecular flexibility index (Phi) is 3.87. The number of nitrogens with one attached hydrogen (secondary N) is 2. The highest BCUT2D eigenvalue weighted by atomic mass is 32.2. The normalized spacial score (nSPS) is 12.6. The van der Waals surface area contributed by atoms with Crippen molar-refractivity contribution in [2.75, 3.05) is 0 Å². The number of hydrazine groups is 1. The van der Waals surface area contributed by atoms with Gasteiger partial charge in [-0.3, -0.25) is 0 Å². The number of benzene rings is 2. The zero-order valence-corrected chi connectivity index (χ0v) is 11.7. The van der Waals surface area contributed by atoms with Gasteiger partial charge < -0.3 is 5.43 Å². The zero-order chi connectivity index (χ0) is 13.9. The summed E-state index contributed by atoms with van der Waals surface area (Å²) in [4.78, 5) is 2.58. The van der Waals surface area contributed by atoms with Gasteiger partial charge in [0.05, 0.1) is 4.90 Å². The van der Waals surface area contributed by atoms with E-state index in [9.17, 15) is 8.42 Å². The molecule has 0 heterocycles. The molecule has 100 valence electrons. The highest BCUT2D eigenvalue weighted by Crippen LogP contribution is 2.18. The summed E-state index contributed by atoms with van der Waals surface area (Å²) in [5.74, 6) is 0. The standard InChI is InChI=1S/C14H16N2O2S/c1-3-11(2)15-16-19(17,18)14-9-8-12-6-4-5-7-13(12)10-14/h3-10,15-16H,1-2H3. The van der Waals surface area contributed by atoms with Gasteiger partial charge in [0.25, 0.3) is 10.0 Å². The molecule has 2 N–H and O–H groups in total. The second kappa shape index (κ2) is 5.42. The van der Waals surface area contributed by atoms with Gasteiger partial charge in [-0.05, 0) is 36.8 Å². The van der Waals surface area contributed by atoms with Crippen LogP contribution in [-0.4, -0.2) is 8.42 Å². The third kappa shape index (κ3) is 3.13. The largest absolute Gasteiger partial charge is 0.313 e. The second-order valence-corrected chi connectivity index (χ2v) is 5.89. The van der Waals surface area contributed by atoms with Crippen LogP contribution in [-0.2, 0) is 10.0 Å². The fourth-order valence-corrected chi connectivity index (χ4v) is 2.56. The van der Waals surface area contributed by atoms with Crippen LogP contribution in [0.2, 0.25) is 0 Å². The lowest BCUT2D eigenvalue weighted by Gasteiger charge is -2.10. The molecule has 2 aromatic rings. The molecular weight excluding hydrogens is 260 g/mol. The summed E-state index contributed by atoms with van der Waals surface area (Å²) in [7, 11) is -3.56. The van der Waals surface area contributed by atoms with Gasteiger partial charge >= 0.3 is 0 Å². The Bertz CT molecular complexity index is 721. The van der Waals surface area contributed by atoms with E-state index in [1.165, 1.54) is 0 Å². The van der Waals surface area contributed by atoms with Crippen molar-refractivity contribution in [1.29, 1.82) is 0 Å². The summed E-state index contributed by atoms with van der Waals surface area (Å²) in [5, 5.41) is 1.91. The van der Waals surface area contributed by atoms with Crippen molar-refractivity contribution in [2.45, 2.75) is 18.7 Å². The first kappa shape index (κ1) is 13.6. The van der Waals surface area contributed by atoms with E-state index in [4.69, 9.17) is 0 Å². The number of hydrogen-bond donors (Lipinski definition) is 2. The summed E-state index contributed by atoms with van der Waals surface area (Å²) < 4.78 is 24.2. The van der Waals surface area contributed by atoms with Crippen molar-refractivity contribution in [3.63, 3.8) is 0 Å². The van der Waals surface area contributed by atoms with E-state index in [1.54, 1.807) is 31.2 Å². The SMILES string of the molecule is CC=C(C)NNS(=O)(=O)c1ccc2ccccc2c1. The minimum absolute atomic E-state index is 0.239. The molecule has 5 heteroatoms. The Morgan fingerprint density at radius 2 is 1.79 bits per heavy atom. The van der Waals surface area contributed by atoms with Crippen LogP contribution in [0.1, 0.15) is 13.8 Å². The van der Waals surface area contributed by atoms with E-state index in [0.29, 0.717) is 0 Å². The molecule has 0 amide bonds. The molecule has 0 bridgehead atoms. The predicted molar refractivity (Wildman–Crippen MR) is 76.8 cm³/mol. The average molecular weight is 276 g/mol. The van der Waals surface area contributed by atoms with Gasteiger partial charge in [0.2, 0.25) is 0 Å². The molecular formula is C14H16N2O2S. The summed E-state index contributed by atoms with van der Waals surface area (Å²) in [6.07, 6.45) is 1.78. The lowest BCUT2D eigenvalue weighted by Crippen LogP contribution is -2.35. The molecule has 0 aromatic heterocycles. The number of fused-ring (bicyclic) bond motifs is 1. The van der Waals surface area contributed by atoms with Crippen molar-refractivity contribution in [1.82, 2.24) is 10.3 Å². The smallest absolute Gasteiger partial charge is 0.257 e. The molecule has 0 fully saturated rings. The maximum atomic E-state index is 12.1. The number of sulfonamides is 1. The van der Waals surface area contributed by atoms with Gasteiger partial charge in [0.15, 0.2) is 0 Å². The summed E-state index contributed by atoms with van der Waals surface area (Å²) >= 11 is 0. The minimum Gasteiger partial charge on any atom is -0.313 e. The van der Waals surface area contributed by atoms with Crippen LogP contribution in [0.5, 0.6) is 0 Å². The van der Waals surface area contributed by atoms with Crippen molar-refractivity contribution in [3.05, 3.63) is 54.2 Å². The van der Waals surface area contributed by atoms with E-state index in [1.807, 2.05) is 31.2 Å². The highest BCUT2D eigenvalue weighted by molar-refractivity contribution is 7.89. The third-order valence-corrected chi connectivity index (χ3v) is 4.09. The maximum Gasteiger partial charge on any atom is 0.257 e. The quantitative estimate of drug-likeness (QED) is 0.844. The monoisotopic (exact) mass is 276 g/mol. The molecule has 0 aliphatic heterocycles. The van der Waals surface area contributed by atoms with Crippen LogP contribution in [0.15, 0.2) is 59.1 Å². The lowest BCUT2D eigenvalue weighted by molar-refractivity contribution is 0.571. The van der Waals surface area contributed by atoms with Gasteiger partial charge in [-0.15, -0.1) is 4.83 Å². The van der Waals surface area contributed by atoms with Crippen molar-refractivity contribution in [3.8, 4) is 0 Å². The minimum atomic E-state index is -3.56. The second-order valence-electron chi connectivity index (χ2n) is 4.21. The van der Waals surface area contributed by atoms with Crippen LogP contribution in [0.4, 0.5) is 0 Å². The predicted octanol–water partition coefficient (Wildman–Crippen LogP) is 2.55. The van der Waals surface area contributed by atoms with Crippen molar-refractivity contribution in [2.24, 2.45) is 0 Å². The Hall–Kier alpha value is -1.85. The summed E-state index contributed by atoms with van der Waals surface area (Å²) in [5.41, 5.74) is 3.38. The van der Waals surface area contributed by atoms with Gasteiger partial charge in [0, 0.05) is 5.70 Å². The molecule has 0 spiro atoms.